The average molecular weight is 236 g/mol. The summed E-state index contributed by atoms with van der Waals surface area (Å²) in [6.45, 7) is 11.0. The molecule has 1 aromatic rings. The standard InChI is InChI=1S/C14H24N2O/c1-6-12-8-13(16(7-2)15-12)9-14(10(3)4)11(5)17/h8,10,14H,6-7,9H2,1-5H3. The summed E-state index contributed by atoms with van der Waals surface area (Å²) < 4.78 is 2.02. The third-order valence-electron chi connectivity index (χ3n) is 3.33. The Bertz CT molecular complexity index is 380. The van der Waals surface area contributed by atoms with E-state index in [0.717, 1.165) is 25.1 Å². The molecular formula is C14H24N2O. The third kappa shape index (κ3) is 3.42. The molecule has 1 atom stereocenters. The van der Waals surface area contributed by atoms with Crippen molar-refractivity contribution in [3.05, 3.63) is 17.5 Å². The second-order valence-corrected chi connectivity index (χ2v) is 4.96. The van der Waals surface area contributed by atoms with Gasteiger partial charge in [0.15, 0.2) is 0 Å². The molecule has 0 radical (unpaired) electrons. The largest absolute Gasteiger partial charge is 0.300 e. The molecule has 96 valence electrons. The van der Waals surface area contributed by atoms with Crippen LogP contribution in [0.4, 0.5) is 0 Å². The Kier molecular flexibility index (Phi) is 4.91. The van der Waals surface area contributed by atoms with Crippen LogP contribution in [0.1, 0.15) is 46.0 Å². The van der Waals surface area contributed by atoms with Crippen molar-refractivity contribution in [2.45, 2.75) is 54.0 Å². The minimum absolute atomic E-state index is 0.113. The van der Waals surface area contributed by atoms with E-state index in [1.165, 1.54) is 5.69 Å². The molecule has 17 heavy (non-hydrogen) atoms. The molecule has 0 aliphatic rings. The van der Waals surface area contributed by atoms with Crippen molar-refractivity contribution in [1.82, 2.24) is 9.78 Å². The fourth-order valence-corrected chi connectivity index (χ4v) is 2.20. The lowest BCUT2D eigenvalue weighted by molar-refractivity contribution is -0.122. The van der Waals surface area contributed by atoms with Crippen LogP contribution in [0.25, 0.3) is 0 Å². The number of nitrogens with zero attached hydrogens (tertiary/aromatic N) is 2. The van der Waals surface area contributed by atoms with Gasteiger partial charge in [0.2, 0.25) is 0 Å². The molecule has 0 bridgehead atoms. The number of aryl methyl sites for hydroxylation is 2. The van der Waals surface area contributed by atoms with Crippen LogP contribution in [-0.4, -0.2) is 15.6 Å². The van der Waals surface area contributed by atoms with Crippen molar-refractivity contribution in [1.29, 1.82) is 0 Å². The molecule has 0 aromatic carbocycles. The Morgan fingerprint density at radius 1 is 1.41 bits per heavy atom. The van der Waals surface area contributed by atoms with Gasteiger partial charge in [-0.2, -0.15) is 5.10 Å². The van der Waals surface area contributed by atoms with Gasteiger partial charge >= 0.3 is 0 Å². The Morgan fingerprint density at radius 3 is 2.47 bits per heavy atom. The number of carbonyl (C=O) groups is 1. The van der Waals surface area contributed by atoms with E-state index < -0.39 is 0 Å². The van der Waals surface area contributed by atoms with E-state index in [4.69, 9.17) is 0 Å². The molecule has 0 saturated heterocycles. The monoisotopic (exact) mass is 236 g/mol. The van der Waals surface area contributed by atoms with Gasteiger partial charge < -0.3 is 0 Å². The lowest BCUT2D eigenvalue weighted by Gasteiger charge is -2.17. The zero-order valence-corrected chi connectivity index (χ0v) is 11.7. The highest BCUT2D eigenvalue weighted by atomic mass is 16.1. The summed E-state index contributed by atoms with van der Waals surface area (Å²) in [4.78, 5) is 11.6. The van der Waals surface area contributed by atoms with Gasteiger partial charge in [-0.1, -0.05) is 20.8 Å². The minimum atomic E-state index is 0.113. The summed E-state index contributed by atoms with van der Waals surface area (Å²) in [7, 11) is 0. The molecule has 0 saturated carbocycles. The molecule has 1 rings (SSSR count). The summed E-state index contributed by atoms with van der Waals surface area (Å²) >= 11 is 0. The highest BCUT2D eigenvalue weighted by molar-refractivity contribution is 5.78. The van der Waals surface area contributed by atoms with Crippen LogP contribution in [-0.2, 0) is 24.2 Å². The minimum Gasteiger partial charge on any atom is -0.300 e. The van der Waals surface area contributed by atoms with E-state index in [1.54, 1.807) is 6.92 Å². The molecule has 0 N–H and O–H groups in total. The number of ketones is 1. The second kappa shape index (κ2) is 5.99. The van der Waals surface area contributed by atoms with Crippen LogP contribution in [0.15, 0.2) is 6.07 Å². The Balaban J connectivity index is 2.91. The number of aromatic nitrogens is 2. The Labute approximate surface area is 104 Å². The molecular weight excluding hydrogens is 212 g/mol. The zero-order valence-electron chi connectivity index (χ0n) is 11.7. The van der Waals surface area contributed by atoms with Gasteiger partial charge in [0.25, 0.3) is 0 Å². The van der Waals surface area contributed by atoms with Crippen molar-refractivity contribution in [3.63, 3.8) is 0 Å². The summed E-state index contributed by atoms with van der Waals surface area (Å²) in [6.07, 6.45) is 1.76. The van der Waals surface area contributed by atoms with Gasteiger partial charge in [0.05, 0.1) is 5.69 Å². The molecule has 0 aliphatic heterocycles. The molecule has 0 aliphatic carbocycles. The lowest BCUT2D eigenvalue weighted by Crippen LogP contribution is -2.21. The number of rotatable bonds is 6. The van der Waals surface area contributed by atoms with Gasteiger partial charge in [0, 0.05) is 18.2 Å². The maximum atomic E-state index is 11.6. The first-order valence-corrected chi connectivity index (χ1v) is 6.55. The van der Waals surface area contributed by atoms with Crippen LogP contribution >= 0.6 is 0 Å². The van der Waals surface area contributed by atoms with Crippen molar-refractivity contribution in [2.24, 2.45) is 11.8 Å². The van der Waals surface area contributed by atoms with Gasteiger partial charge in [-0.25, -0.2) is 0 Å². The first kappa shape index (κ1) is 13.9. The number of Topliss-reactive ketones (excluding diaryl/α,β-unsaturated/α-hetero) is 1. The topological polar surface area (TPSA) is 34.9 Å². The summed E-state index contributed by atoms with van der Waals surface area (Å²) in [6, 6.07) is 2.14. The van der Waals surface area contributed by atoms with Crippen LogP contribution in [0.5, 0.6) is 0 Å². The summed E-state index contributed by atoms with van der Waals surface area (Å²) in [5.41, 5.74) is 2.31. The van der Waals surface area contributed by atoms with Crippen molar-refractivity contribution in [2.75, 3.05) is 0 Å². The highest BCUT2D eigenvalue weighted by Crippen LogP contribution is 2.19. The van der Waals surface area contributed by atoms with Crippen LogP contribution in [0.2, 0.25) is 0 Å². The number of hydrogen-bond donors (Lipinski definition) is 0. The van der Waals surface area contributed by atoms with Crippen LogP contribution in [0.3, 0.4) is 0 Å². The van der Waals surface area contributed by atoms with Crippen LogP contribution < -0.4 is 0 Å². The van der Waals surface area contributed by atoms with Crippen molar-refractivity contribution >= 4 is 5.78 Å². The first-order valence-electron chi connectivity index (χ1n) is 6.55. The number of carbonyl (C=O) groups excluding carboxylic acids is 1. The molecule has 3 heteroatoms. The lowest BCUT2D eigenvalue weighted by atomic mass is 9.88. The predicted octanol–water partition coefficient (Wildman–Crippen LogP) is 2.87. The van der Waals surface area contributed by atoms with E-state index >= 15 is 0 Å². The SMILES string of the molecule is CCc1cc(CC(C(C)=O)C(C)C)n(CC)n1. The fraction of sp³-hybridized carbons (Fsp3) is 0.714. The van der Waals surface area contributed by atoms with Crippen LogP contribution in [0, 0.1) is 11.8 Å². The van der Waals surface area contributed by atoms with Crippen molar-refractivity contribution < 1.29 is 4.79 Å². The maximum absolute atomic E-state index is 11.6. The quantitative estimate of drug-likeness (QED) is 0.761. The van der Waals surface area contributed by atoms with E-state index in [1.807, 2.05) is 4.68 Å². The van der Waals surface area contributed by atoms with Gasteiger partial charge in [0.1, 0.15) is 5.78 Å². The zero-order chi connectivity index (χ0) is 13.0. The normalized spacial score (nSPS) is 13.1. The maximum Gasteiger partial charge on any atom is 0.133 e. The molecule has 0 amide bonds. The predicted molar refractivity (Wildman–Crippen MR) is 70.0 cm³/mol. The van der Waals surface area contributed by atoms with Gasteiger partial charge in [-0.15, -0.1) is 0 Å². The molecule has 1 unspecified atom stereocenters. The third-order valence-corrected chi connectivity index (χ3v) is 3.33. The van der Waals surface area contributed by atoms with Crippen molar-refractivity contribution in [3.8, 4) is 0 Å². The second-order valence-electron chi connectivity index (χ2n) is 4.96. The Morgan fingerprint density at radius 2 is 2.06 bits per heavy atom. The highest BCUT2D eigenvalue weighted by Gasteiger charge is 2.21. The number of hydrogen-bond acceptors (Lipinski definition) is 2. The Hall–Kier alpha value is -1.12. The molecule has 0 spiro atoms. The van der Waals surface area contributed by atoms with E-state index in [9.17, 15) is 4.79 Å². The van der Waals surface area contributed by atoms with E-state index in [0.29, 0.717) is 5.92 Å². The summed E-state index contributed by atoms with van der Waals surface area (Å²) in [5.74, 6) is 0.779. The average Bonchev–Trinajstić information content (AvgIpc) is 2.67. The first-order chi connectivity index (χ1) is 7.99. The molecule has 1 heterocycles. The smallest absolute Gasteiger partial charge is 0.133 e. The summed E-state index contributed by atoms with van der Waals surface area (Å²) in [5, 5.41) is 4.52. The molecule has 0 fully saturated rings. The van der Waals surface area contributed by atoms with Gasteiger partial charge in [-0.3, -0.25) is 9.48 Å². The van der Waals surface area contributed by atoms with Gasteiger partial charge in [-0.05, 0) is 38.7 Å². The molecule has 3 nitrogen and oxygen atoms in total. The fourth-order valence-electron chi connectivity index (χ4n) is 2.20. The van der Waals surface area contributed by atoms with E-state index in [-0.39, 0.29) is 11.7 Å². The molecule has 1 aromatic heterocycles. The van der Waals surface area contributed by atoms with E-state index in [2.05, 4.69) is 38.9 Å².